The van der Waals surface area contributed by atoms with Crippen molar-refractivity contribution in [1.82, 2.24) is 4.90 Å². The number of ether oxygens (including phenoxy) is 2. The fraction of sp³-hybridized carbons (Fsp3) is 0.696. The fourth-order valence-corrected chi connectivity index (χ4v) is 6.73. The van der Waals surface area contributed by atoms with Crippen LogP contribution in [0.25, 0.3) is 0 Å². The Morgan fingerprint density at radius 1 is 1.14 bits per heavy atom. The standard InChI is InChI=1S/C23H32N2O3.ClH/c1-27-23(16-5-2-4-15(10-16)22(24)26)17-6-3-7-18(23)14-25(13-17)19-11-20-8-9-21(12-19)28-20;/h2,4-5,10,17-21H,3,6-9,11-14H2,1H3,(H2,24,26);1H/t17-,18+,19-,20-,21+,23-;. The maximum atomic E-state index is 11.8. The SMILES string of the molecule is CO[C@]1(c2cccc(C(N)=O)c2)[C@@H]2CCC[C@H]1CN([C@@H]1C[C@H]3CC[C@@H](C1)O3)C2.Cl. The number of piperidine rings is 1. The number of amides is 1. The zero-order chi connectivity index (χ0) is 19.3. The number of hydrogen-bond acceptors (Lipinski definition) is 4. The minimum Gasteiger partial charge on any atom is -0.375 e. The van der Waals surface area contributed by atoms with E-state index in [9.17, 15) is 4.79 Å². The molecule has 5 rings (SSSR count). The minimum atomic E-state index is -0.367. The lowest BCUT2D eigenvalue weighted by Gasteiger charge is -2.57. The van der Waals surface area contributed by atoms with Gasteiger partial charge in [0, 0.05) is 43.6 Å². The van der Waals surface area contributed by atoms with Gasteiger partial charge in [-0.05, 0) is 56.2 Å². The molecule has 0 spiro atoms. The number of fused-ring (bicyclic) bond motifs is 4. The van der Waals surface area contributed by atoms with E-state index in [1.165, 1.54) is 44.9 Å². The van der Waals surface area contributed by atoms with Crippen LogP contribution in [0.5, 0.6) is 0 Å². The molecule has 4 bridgehead atoms. The molecule has 6 heteroatoms. The maximum Gasteiger partial charge on any atom is 0.248 e. The number of methoxy groups -OCH3 is 1. The van der Waals surface area contributed by atoms with Crippen molar-refractivity contribution in [3.05, 3.63) is 35.4 Å². The molecule has 5 nitrogen and oxygen atoms in total. The van der Waals surface area contributed by atoms with Crippen LogP contribution in [0.2, 0.25) is 0 Å². The average Bonchev–Trinajstić information content (AvgIpc) is 3.04. The molecule has 1 aromatic rings. The number of nitrogens with two attached hydrogens (primary N) is 1. The van der Waals surface area contributed by atoms with Crippen LogP contribution in [0.1, 0.15) is 60.9 Å². The maximum absolute atomic E-state index is 11.8. The van der Waals surface area contributed by atoms with Gasteiger partial charge in [-0.1, -0.05) is 18.6 Å². The molecule has 1 saturated carbocycles. The van der Waals surface area contributed by atoms with Crippen molar-refractivity contribution in [2.45, 2.75) is 68.8 Å². The first-order chi connectivity index (χ1) is 13.6. The van der Waals surface area contributed by atoms with Gasteiger partial charge in [0.1, 0.15) is 5.60 Å². The highest BCUT2D eigenvalue weighted by Crippen LogP contribution is 2.52. The van der Waals surface area contributed by atoms with Gasteiger partial charge in [0.05, 0.1) is 12.2 Å². The first kappa shape index (κ1) is 21.1. The number of carbonyl (C=O) groups excluding carboxylic acids is 1. The zero-order valence-electron chi connectivity index (χ0n) is 17.2. The van der Waals surface area contributed by atoms with E-state index in [0.717, 1.165) is 18.7 Å². The largest absolute Gasteiger partial charge is 0.375 e. The van der Waals surface area contributed by atoms with Crippen molar-refractivity contribution in [3.8, 4) is 0 Å². The number of halogens is 1. The number of benzene rings is 1. The normalized spacial score (nSPS) is 39.0. The first-order valence-electron chi connectivity index (χ1n) is 10.9. The van der Waals surface area contributed by atoms with E-state index in [4.69, 9.17) is 15.2 Å². The van der Waals surface area contributed by atoms with Crippen LogP contribution >= 0.6 is 12.4 Å². The summed E-state index contributed by atoms with van der Waals surface area (Å²) in [5.41, 5.74) is 6.97. The monoisotopic (exact) mass is 420 g/mol. The highest BCUT2D eigenvalue weighted by Gasteiger charge is 2.54. The molecule has 4 fully saturated rings. The Morgan fingerprint density at radius 3 is 2.38 bits per heavy atom. The number of nitrogens with zero attached hydrogens (tertiary/aromatic N) is 1. The molecule has 0 aromatic heterocycles. The minimum absolute atomic E-state index is 0. The average molecular weight is 421 g/mol. The molecule has 160 valence electrons. The summed E-state index contributed by atoms with van der Waals surface area (Å²) in [6, 6.07) is 8.51. The lowest BCUT2D eigenvalue weighted by molar-refractivity contribution is -0.180. The van der Waals surface area contributed by atoms with Crippen molar-refractivity contribution in [1.29, 1.82) is 0 Å². The summed E-state index contributed by atoms with van der Waals surface area (Å²) in [6.45, 7) is 2.16. The van der Waals surface area contributed by atoms with Crippen LogP contribution in [-0.4, -0.2) is 49.3 Å². The van der Waals surface area contributed by atoms with E-state index >= 15 is 0 Å². The predicted octanol–water partition coefficient (Wildman–Crippen LogP) is 3.49. The third-order valence-electron chi connectivity index (χ3n) is 7.95. The van der Waals surface area contributed by atoms with E-state index in [1.807, 2.05) is 19.2 Å². The summed E-state index contributed by atoms with van der Waals surface area (Å²) in [6.07, 6.45) is 9.43. The van der Waals surface area contributed by atoms with E-state index in [0.29, 0.717) is 35.6 Å². The Hall–Kier alpha value is -1.14. The van der Waals surface area contributed by atoms with Gasteiger partial charge >= 0.3 is 0 Å². The molecule has 1 aromatic carbocycles. The number of likely N-dealkylation sites (tertiary alicyclic amines) is 1. The van der Waals surface area contributed by atoms with Crippen LogP contribution in [0.15, 0.2) is 24.3 Å². The second kappa shape index (κ2) is 8.18. The zero-order valence-corrected chi connectivity index (χ0v) is 18.0. The predicted molar refractivity (Wildman–Crippen MR) is 114 cm³/mol. The third kappa shape index (κ3) is 3.50. The van der Waals surface area contributed by atoms with E-state index in [2.05, 4.69) is 11.0 Å². The summed E-state index contributed by atoms with van der Waals surface area (Å²) >= 11 is 0. The van der Waals surface area contributed by atoms with Crippen molar-refractivity contribution in [3.63, 3.8) is 0 Å². The Labute approximate surface area is 179 Å². The van der Waals surface area contributed by atoms with Crippen LogP contribution in [0, 0.1) is 11.8 Å². The molecular weight excluding hydrogens is 388 g/mol. The molecule has 4 aliphatic rings. The van der Waals surface area contributed by atoms with Crippen molar-refractivity contribution in [2.75, 3.05) is 20.2 Å². The van der Waals surface area contributed by atoms with Crippen molar-refractivity contribution in [2.24, 2.45) is 17.6 Å². The van der Waals surface area contributed by atoms with Gasteiger partial charge in [-0.15, -0.1) is 12.4 Å². The van der Waals surface area contributed by atoms with Crippen molar-refractivity contribution < 1.29 is 14.3 Å². The molecule has 29 heavy (non-hydrogen) atoms. The Kier molecular flexibility index (Phi) is 5.95. The molecular formula is C23H33ClN2O3. The Balaban J connectivity index is 0.00000205. The van der Waals surface area contributed by atoms with Crippen LogP contribution in [0.4, 0.5) is 0 Å². The van der Waals surface area contributed by atoms with Gasteiger partial charge in [0.15, 0.2) is 0 Å². The van der Waals surface area contributed by atoms with Gasteiger partial charge in [-0.3, -0.25) is 9.69 Å². The summed E-state index contributed by atoms with van der Waals surface area (Å²) in [7, 11) is 1.85. The molecule has 3 aliphatic heterocycles. The van der Waals surface area contributed by atoms with E-state index < -0.39 is 0 Å². The second-order valence-corrected chi connectivity index (χ2v) is 9.30. The number of carbonyl (C=O) groups is 1. The summed E-state index contributed by atoms with van der Waals surface area (Å²) in [4.78, 5) is 14.5. The highest BCUT2D eigenvalue weighted by atomic mass is 35.5. The van der Waals surface area contributed by atoms with Gasteiger partial charge < -0.3 is 15.2 Å². The lowest BCUT2D eigenvalue weighted by atomic mass is 9.62. The van der Waals surface area contributed by atoms with Crippen LogP contribution < -0.4 is 5.73 Å². The van der Waals surface area contributed by atoms with E-state index in [1.54, 1.807) is 6.07 Å². The van der Waals surface area contributed by atoms with Crippen LogP contribution in [-0.2, 0) is 15.1 Å². The highest BCUT2D eigenvalue weighted by molar-refractivity contribution is 5.92. The van der Waals surface area contributed by atoms with Gasteiger partial charge in [-0.25, -0.2) is 0 Å². The first-order valence-corrected chi connectivity index (χ1v) is 10.9. The number of rotatable bonds is 4. The Morgan fingerprint density at radius 2 is 1.79 bits per heavy atom. The lowest BCUT2D eigenvalue weighted by Crippen LogP contribution is -2.61. The van der Waals surface area contributed by atoms with Crippen LogP contribution in [0.3, 0.4) is 0 Å². The fourth-order valence-electron chi connectivity index (χ4n) is 6.73. The van der Waals surface area contributed by atoms with E-state index in [-0.39, 0.29) is 23.9 Å². The second-order valence-electron chi connectivity index (χ2n) is 9.30. The Bertz CT molecular complexity index is 731. The molecule has 0 unspecified atom stereocenters. The van der Waals surface area contributed by atoms with Gasteiger partial charge in [-0.2, -0.15) is 0 Å². The smallest absolute Gasteiger partial charge is 0.248 e. The number of primary amides is 1. The topological polar surface area (TPSA) is 64.8 Å². The molecule has 1 aliphatic carbocycles. The number of hydrogen-bond donors (Lipinski definition) is 1. The molecule has 3 saturated heterocycles. The summed E-state index contributed by atoms with van der Waals surface area (Å²) < 4.78 is 12.4. The van der Waals surface area contributed by atoms with Gasteiger partial charge in [0.2, 0.25) is 5.91 Å². The molecule has 1 amide bonds. The summed E-state index contributed by atoms with van der Waals surface area (Å²) in [5, 5.41) is 0. The summed E-state index contributed by atoms with van der Waals surface area (Å²) in [5.74, 6) is 0.538. The quantitative estimate of drug-likeness (QED) is 0.809. The molecule has 3 heterocycles. The van der Waals surface area contributed by atoms with Crippen molar-refractivity contribution >= 4 is 18.3 Å². The van der Waals surface area contributed by atoms with Gasteiger partial charge in [0.25, 0.3) is 0 Å². The molecule has 2 N–H and O–H groups in total. The third-order valence-corrected chi connectivity index (χ3v) is 7.95. The molecule has 0 radical (unpaired) electrons. The molecule has 6 atom stereocenters.